The van der Waals surface area contributed by atoms with Crippen LogP contribution in [0.4, 0.5) is 23.2 Å². The number of amides is 2. The van der Waals surface area contributed by atoms with E-state index in [2.05, 4.69) is 15.2 Å². The molecule has 10 nitrogen and oxygen atoms in total. The summed E-state index contributed by atoms with van der Waals surface area (Å²) in [7, 11) is 0. The molecule has 214 valence electrons. The predicted octanol–water partition coefficient (Wildman–Crippen LogP) is 4.20. The molecule has 2 heterocycles. The van der Waals surface area contributed by atoms with E-state index in [1.807, 2.05) is 6.07 Å². The van der Waals surface area contributed by atoms with Gasteiger partial charge in [-0.15, -0.1) is 13.2 Å². The number of ketones is 1. The average molecular weight is 574 g/mol. The maximum atomic E-state index is 14.6. The molecule has 1 N–H and O–H groups in total. The number of hydrogen-bond donors (Lipinski definition) is 1. The lowest BCUT2D eigenvalue weighted by atomic mass is 10.1. The minimum atomic E-state index is -5.12. The number of Topliss-reactive ketones (excluding diaryl/α,β-unsaturated/α-hetero) is 1. The molecular weight excluding hydrogens is 550 g/mol. The van der Waals surface area contributed by atoms with Crippen molar-refractivity contribution in [3.8, 4) is 17.6 Å². The highest BCUT2D eigenvalue weighted by molar-refractivity contribution is 6.05. The van der Waals surface area contributed by atoms with E-state index in [0.29, 0.717) is 29.5 Å². The highest BCUT2D eigenvalue weighted by Crippen LogP contribution is 2.48. The van der Waals surface area contributed by atoms with Gasteiger partial charge in [0, 0.05) is 18.4 Å². The Kier molecular flexibility index (Phi) is 7.06. The molecule has 1 aliphatic carbocycles. The molecule has 1 aliphatic heterocycles. The summed E-state index contributed by atoms with van der Waals surface area (Å²) in [6, 6.07) is 8.46. The number of aromatic nitrogens is 2. The Morgan fingerprint density at radius 3 is 2.66 bits per heavy atom. The van der Waals surface area contributed by atoms with Gasteiger partial charge in [0.1, 0.15) is 30.1 Å². The maximum absolute atomic E-state index is 14.6. The van der Waals surface area contributed by atoms with Gasteiger partial charge in [0.05, 0.1) is 11.2 Å². The average Bonchev–Trinajstić information content (AvgIpc) is 3.41. The van der Waals surface area contributed by atoms with Gasteiger partial charge in [0.2, 0.25) is 11.8 Å². The maximum Gasteiger partial charge on any atom is 0.573 e. The Hall–Kier alpha value is -4.67. The van der Waals surface area contributed by atoms with Gasteiger partial charge in [-0.25, -0.2) is 4.39 Å². The molecule has 2 aromatic carbocycles. The van der Waals surface area contributed by atoms with E-state index < -0.39 is 47.6 Å². The van der Waals surface area contributed by atoms with Gasteiger partial charge < -0.3 is 19.7 Å². The monoisotopic (exact) mass is 573 g/mol. The number of carbonyl (C=O) groups excluding carboxylic acids is 3. The number of nitriles is 1. The Labute approximate surface area is 230 Å². The Morgan fingerprint density at radius 2 is 1.98 bits per heavy atom. The quantitative estimate of drug-likeness (QED) is 0.316. The molecule has 2 amide bonds. The van der Waals surface area contributed by atoms with Gasteiger partial charge >= 0.3 is 6.36 Å². The molecule has 1 saturated carbocycles. The summed E-state index contributed by atoms with van der Waals surface area (Å²) in [6.07, 6.45) is -4.88. The highest BCUT2D eigenvalue weighted by Gasteiger charge is 2.56. The first-order valence-corrected chi connectivity index (χ1v) is 12.6. The number of fused-ring (bicyclic) bond motifs is 2. The van der Waals surface area contributed by atoms with Crippen LogP contribution in [0.2, 0.25) is 0 Å². The molecule has 41 heavy (non-hydrogen) atoms. The zero-order chi connectivity index (χ0) is 29.6. The summed E-state index contributed by atoms with van der Waals surface area (Å²) in [5.41, 5.74) is 0.0357. The Morgan fingerprint density at radius 1 is 1.22 bits per heavy atom. The number of carbonyl (C=O) groups is 3. The first-order chi connectivity index (χ1) is 19.4. The summed E-state index contributed by atoms with van der Waals surface area (Å²) < 4.78 is 62.9. The molecule has 4 atom stereocenters. The van der Waals surface area contributed by atoms with Crippen LogP contribution in [0.3, 0.4) is 0 Å². The van der Waals surface area contributed by atoms with Crippen LogP contribution in [-0.4, -0.2) is 56.8 Å². The highest BCUT2D eigenvalue weighted by atomic mass is 19.4. The summed E-state index contributed by atoms with van der Waals surface area (Å²) in [4.78, 5) is 40.3. The van der Waals surface area contributed by atoms with Gasteiger partial charge in [0.25, 0.3) is 0 Å². The fraction of sp³-hybridized carbons (Fsp3) is 0.370. The minimum absolute atomic E-state index is 0.0587. The molecule has 0 bridgehead atoms. The van der Waals surface area contributed by atoms with Crippen LogP contribution in [0.5, 0.6) is 11.5 Å². The van der Waals surface area contributed by atoms with Crippen molar-refractivity contribution in [3.05, 3.63) is 47.9 Å². The molecule has 0 radical (unpaired) electrons. The van der Waals surface area contributed by atoms with Gasteiger partial charge in [0.15, 0.2) is 23.5 Å². The van der Waals surface area contributed by atoms with Crippen molar-refractivity contribution < 1.29 is 41.4 Å². The number of likely N-dealkylation sites (tertiary alicyclic amines) is 1. The van der Waals surface area contributed by atoms with Gasteiger partial charge in [-0.05, 0) is 56.0 Å². The third-order valence-electron chi connectivity index (χ3n) is 6.98. The van der Waals surface area contributed by atoms with E-state index in [1.54, 1.807) is 25.1 Å². The summed E-state index contributed by atoms with van der Waals surface area (Å²) in [5, 5.41) is 16.0. The lowest BCUT2D eigenvalue weighted by molar-refractivity contribution is -0.275. The van der Waals surface area contributed by atoms with Crippen molar-refractivity contribution in [3.63, 3.8) is 0 Å². The van der Waals surface area contributed by atoms with Crippen LogP contribution in [0.15, 0.2) is 36.4 Å². The van der Waals surface area contributed by atoms with E-state index in [4.69, 9.17) is 10.00 Å². The van der Waals surface area contributed by atoms with Crippen molar-refractivity contribution in [2.75, 3.05) is 5.32 Å². The first-order valence-electron chi connectivity index (χ1n) is 12.6. The fourth-order valence-electron chi connectivity index (χ4n) is 5.13. The number of rotatable bonds is 8. The number of alkyl halides is 3. The van der Waals surface area contributed by atoms with E-state index in [0.717, 1.165) is 18.2 Å². The zero-order valence-electron chi connectivity index (χ0n) is 21.7. The van der Waals surface area contributed by atoms with Crippen LogP contribution < -0.4 is 14.8 Å². The van der Waals surface area contributed by atoms with Crippen LogP contribution in [-0.2, 0) is 16.1 Å². The number of nitrogens with one attached hydrogen (secondary N) is 1. The third-order valence-corrected chi connectivity index (χ3v) is 6.98. The molecule has 2 aliphatic rings. The van der Waals surface area contributed by atoms with E-state index in [9.17, 15) is 31.9 Å². The van der Waals surface area contributed by atoms with Crippen molar-refractivity contribution in [1.82, 2.24) is 14.7 Å². The van der Waals surface area contributed by atoms with Crippen LogP contribution in [0.25, 0.3) is 10.9 Å². The molecule has 1 saturated heterocycles. The van der Waals surface area contributed by atoms with Crippen molar-refractivity contribution in [1.29, 1.82) is 5.26 Å². The van der Waals surface area contributed by atoms with Crippen LogP contribution in [0, 0.1) is 23.1 Å². The molecule has 2 fully saturated rings. The largest absolute Gasteiger partial charge is 0.573 e. The summed E-state index contributed by atoms with van der Waals surface area (Å²) >= 11 is 0. The summed E-state index contributed by atoms with van der Waals surface area (Å²) in [6.45, 7) is 2.57. The topological polar surface area (TPSA) is 127 Å². The van der Waals surface area contributed by atoms with E-state index in [-0.39, 0.29) is 30.0 Å². The predicted molar refractivity (Wildman–Crippen MR) is 134 cm³/mol. The normalized spacial score (nSPS) is 20.2. The number of ether oxygens (including phenoxy) is 2. The Bertz CT molecular complexity index is 1600. The molecule has 5 rings (SSSR count). The standard InChI is InChI=1S/C27H23F4N5O5/c1-13(11-32)40-16-6-7-19-17(10-16)25(14(2)37)34-35(19)12-23(38)36-20-8-15(20)9-21(36)26(39)33-18-4-3-5-22(24(18)28)41-27(29,30)31/h3-7,10,13,15,20-21H,8-9,12H2,1-2H3,(H,33,39)/t13?,15-,20-,21+/m1/s1. The van der Waals surface area contributed by atoms with Crippen molar-refractivity contribution >= 4 is 34.2 Å². The van der Waals surface area contributed by atoms with Crippen LogP contribution >= 0.6 is 0 Å². The second kappa shape index (κ2) is 10.4. The van der Waals surface area contributed by atoms with Gasteiger partial charge in [-0.1, -0.05) is 6.07 Å². The number of piperidine rings is 1. The second-order valence-corrected chi connectivity index (χ2v) is 9.90. The van der Waals surface area contributed by atoms with Crippen molar-refractivity contribution in [2.45, 2.75) is 57.8 Å². The van der Waals surface area contributed by atoms with Crippen molar-refractivity contribution in [2.24, 2.45) is 5.92 Å². The summed E-state index contributed by atoms with van der Waals surface area (Å²) in [5.74, 6) is -3.67. The molecule has 14 heteroatoms. The SMILES string of the molecule is CC(=O)c1nn(CC(=O)N2[C@@H]3C[C@@H]3C[C@H]2C(=O)Nc2cccc(OC(F)(F)F)c2F)c2ccc(OC(C)C#N)cc12. The smallest absolute Gasteiger partial charge is 0.476 e. The fourth-order valence-corrected chi connectivity index (χ4v) is 5.13. The first kappa shape index (κ1) is 27.9. The van der Waals surface area contributed by atoms with E-state index in [1.165, 1.54) is 16.5 Å². The van der Waals surface area contributed by atoms with Gasteiger partial charge in [-0.3, -0.25) is 19.1 Å². The lowest BCUT2D eigenvalue weighted by Gasteiger charge is -2.27. The Balaban J connectivity index is 1.36. The molecule has 0 spiro atoms. The molecule has 1 unspecified atom stereocenters. The second-order valence-electron chi connectivity index (χ2n) is 9.90. The number of benzene rings is 2. The van der Waals surface area contributed by atoms with Crippen LogP contribution in [0.1, 0.15) is 37.2 Å². The molecule has 1 aromatic heterocycles. The number of halogens is 4. The zero-order valence-corrected chi connectivity index (χ0v) is 21.7. The van der Waals surface area contributed by atoms with Gasteiger partial charge in [-0.2, -0.15) is 10.4 Å². The minimum Gasteiger partial charge on any atom is -0.476 e. The van der Waals surface area contributed by atoms with E-state index >= 15 is 0 Å². The number of hydrogen-bond acceptors (Lipinski definition) is 7. The lowest BCUT2D eigenvalue weighted by Crippen LogP contribution is -2.46. The number of nitrogens with zero attached hydrogens (tertiary/aromatic N) is 4. The third kappa shape index (κ3) is 5.65. The molecular formula is C27H23F4N5O5. The number of anilines is 1. The molecule has 3 aromatic rings.